The van der Waals surface area contributed by atoms with E-state index >= 15 is 0 Å². The number of nitrogens with one attached hydrogen (secondary N) is 3. The molecular formula is C22H28ClN3O. The zero-order valence-electron chi connectivity index (χ0n) is 16.3. The van der Waals surface area contributed by atoms with E-state index in [-0.39, 0.29) is 11.4 Å². The van der Waals surface area contributed by atoms with Gasteiger partial charge in [0, 0.05) is 17.6 Å². The van der Waals surface area contributed by atoms with Crippen molar-refractivity contribution in [1.29, 1.82) is 0 Å². The molecule has 0 atom stereocenters. The van der Waals surface area contributed by atoms with E-state index < -0.39 is 0 Å². The van der Waals surface area contributed by atoms with Crippen LogP contribution >= 0.6 is 11.6 Å². The normalized spacial score (nSPS) is 14.2. The number of rotatable bonds is 4. The molecule has 3 rings (SSSR count). The van der Waals surface area contributed by atoms with Crippen LogP contribution in [0.1, 0.15) is 47.8 Å². The molecule has 1 heterocycles. The molecule has 0 spiro atoms. The van der Waals surface area contributed by atoms with Gasteiger partial charge in [0.25, 0.3) is 5.91 Å². The first-order chi connectivity index (χ1) is 12.8. The standard InChI is InChI=1S/C22H28ClN3O/c1-22(2,3)26-21(27)17-6-4-15(5-7-17)14-25-20-18-11-13-24-12-10-16(18)8-9-19(20)23/h4-9,24-25H,10-14H2,1-3H3,(H,26,27). The Hall–Kier alpha value is -2.04. The molecule has 0 aliphatic carbocycles. The average Bonchev–Trinajstić information content (AvgIpc) is 2.85. The third-order valence-electron chi connectivity index (χ3n) is 4.66. The summed E-state index contributed by atoms with van der Waals surface area (Å²) in [5.74, 6) is -0.0501. The van der Waals surface area contributed by atoms with Crippen molar-refractivity contribution >= 4 is 23.2 Å². The lowest BCUT2D eigenvalue weighted by molar-refractivity contribution is 0.0919. The van der Waals surface area contributed by atoms with Gasteiger partial charge in [-0.05, 0) is 81.6 Å². The third kappa shape index (κ3) is 5.24. The maximum Gasteiger partial charge on any atom is 0.251 e. The van der Waals surface area contributed by atoms with Gasteiger partial charge in [-0.25, -0.2) is 0 Å². The SMILES string of the molecule is CC(C)(C)NC(=O)c1ccc(CNc2c(Cl)ccc3c2CCNCC3)cc1. The Morgan fingerprint density at radius 3 is 2.48 bits per heavy atom. The summed E-state index contributed by atoms with van der Waals surface area (Å²) in [7, 11) is 0. The number of benzene rings is 2. The van der Waals surface area contributed by atoms with Crippen LogP contribution in [0.15, 0.2) is 36.4 Å². The molecule has 144 valence electrons. The molecule has 1 aliphatic heterocycles. The fourth-order valence-electron chi connectivity index (χ4n) is 3.31. The summed E-state index contributed by atoms with van der Waals surface area (Å²) in [6, 6.07) is 11.8. The van der Waals surface area contributed by atoms with Crippen molar-refractivity contribution in [2.24, 2.45) is 0 Å². The van der Waals surface area contributed by atoms with E-state index in [0.29, 0.717) is 12.1 Å². The number of hydrogen-bond acceptors (Lipinski definition) is 3. The van der Waals surface area contributed by atoms with E-state index in [1.165, 1.54) is 11.1 Å². The van der Waals surface area contributed by atoms with Crippen molar-refractivity contribution in [3.63, 3.8) is 0 Å². The molecule has 0 bridgehead atoms. The first-order valence-corrected chi connectivity index (χ1v) is 9.87. The molecule has 0 saturated carbocycles. The maximum absolute atomic E-state index is 12.2. The molecule has 2 aromatic rings. The first-order valence-electron chi connectivity index (χ1n) is 9.50. The molecule has 2 aromatic carbocycles. The number of carbonyl (C=O) groups is 1. The van der Waals surface area contributed by atoms with Crippen molar-refractivity contribution in [1.82, 2.24) is 10.6 Å². The molecule has 0 fully saturated rings. The molecule has 5 heteroatoms. The number of halogens is 1. The highest BCUT2D eigenvalue weighted by atomic mass is 35.5. The second-order valence-electron chi connectivity index (χ2n) is 8.06. The van der Waals surface area contributed by atoms with E-state index in [1.807, 2.05) is 51.1 Å². The minimum Gasteiger partial charge on any atom is -0.380 e. The van der Waals surface area contributed by atoms with Crippen molar-refractivity contribution in [3.8, 4) is 0 Å². The van der Waals surface area contributed by atoms with E-state index in [9.17, 15) is 4.79 Å². The summed E-state index contributed by atoms with van der Waals surface area (Å²) < 4.78 is 0. The quantitative estimate of drug-likeness (QED) is 0.740. The summed E-state index contributed by atoms with van der Waals surface area (Å²) in [5, 5.41) is 10.7. The molecule has 0 aromatic heterocycles. The van der Waals surface area contributed by atoms with Gasteiger partial charge in [-0.2, -0.15) is 0 Å². The van der Waals surface area contributed by atoms with Crippen LogP contribution < -0.4 is 16.0 Å². The van der Waals surface area contributed by atoms with Gasteiger partial charge in [0.2, 0.25) is 0 Å². The Bertz CT molecular complexity index is 810. The highest BCUT2D eigenvalue weighted by Gasteiger charge is 2.16. The predicted octanol–water partition coefficient (Wildman–Crippen LogP) is 4.17. The van der Waals surface area contributed by atoms with Crippen LogP contribution in [0.3, 0.4) is 0 Å². The zero-order valence-corrected chi connectivity index (χ0v) is 17.0. The number of amides is 1. The lowest BCUT2D eigenvalue weighted by Gasteiger charge is -2.20. The van der Waals surface area contributed by atoms with E-state index in [4.69, 9.17) is 11.6 Å². The van der Waals surface area contributed by atoms with Crippen molar-refractivity contribution in [2.75, 3.05) is 18.4 Å². The van der Waals surface area contributed by atoms with E-state index in [2.05, 4.69) is 22.0 Å². The molecule has 4 nitrogen and oxygen atoms in total. The highest BCUT2D eigenvalue weighted by molar-refractivity contribution is 6.33. The summed E-state index contributed by atoms with van der Waals surface area (Å²) in [5.41, 5.74) is 5.25. The fraction of sp³-hybridized carbons (Fsp3) is 0.409. The summed E-state index contributed by atoms with van der Waals surface area (Å²) in [6.07, 6.45) is 2.00. The number of fused-ring (bicyclic) bond motifs is 1. The molecule has 0 saturated heterocycles. The van der Waals surface area contributed by atoms with Crippen molar-refractivity contribution < 1.29 is 4.79 Å². The highest BCUT2D eigenvalue weighted by Crippen LogP contribution is 2.31. The Morgan fingerprint density at radius 1 is 1.07 bits per heavy atom. The Morgan fingerprint density at radius 2 is 1.78 bits per heavy atom. The van der Waals surface area contributed by atoms with E-state index in [0.717, 1.165) is 42.2 Å². The largest absolute Gasteiger partial charge is 0.380 e. The minimum absolute atomic E-state index is 0.0501. The predicted molar refractivity (Wildman–Crippen MR) is 113 cm³/mol. The number of anilines is 1. The lowest BCUT2D eigenvalue weighted by atomic mass is 10.0. The Labute approximate surface area is 166 Å². The molecule has 27 heavy (non-hydrogen) atoms. The first kappa shape index (κ1) is 19.7. The average molecular weight is 386 g/mol. The minimum atomic E-state index is -0.242. The second-order valence-corrected chi connectivity index (χ2v) is 8.47. The lowest BCUT2D eigenvalue weighted by Crippen LogP contribution is -2.40. The zero-order chi connectivity index (χ0) is 19.4. The molecule has 1 aliphatic rings. The fourth-order valence-corrected chi connectivity index (χ4v) is 3.56. The Kier molecular flexibility index (Phi) is 6.08. The van der Waals surface area contributed by atoms with Gasteiger partial charge in [-0.1, -0.05) is 29.8 Å². The molecular weight excluding hydrogens is 358 g/mol. The van der Waals surface area contributed by atoms with Crippen LogP contribution in [-0.2, 0) is 19.4 Å². The van der Waals surface area contributed by atoms with Crippen LogP contribution in [0.25, 0.3) is 0 Å². The molecule has 0 radical (unpaired) electrons. The van der Waals surface area contributed by atoms with Gasteiger partial charge in [0.05, 0.1) is 10.7 Å². The summed E-state index contributed by atoms with van der Waals surface area (Å²) >= 11 is 6.47. The van der Waals surface area contributed by atoms with Gasteiger partial charge in [-0.15, -0.1) is 0 Å². The van der Waals surface area contributed by atoms with E-state index in [1.54, 1.807) is 0 Å². The van der Waals surface area contributed by atoms with Crippen LogP contribution in [0.4, 0.5) is 5.69 Å². The summed E-state index contributed by atoms with van der Waals surface area (Å²) in [4.78, 5) is 12.2. The van der Waals surface area contributed by atoms with Crippen LogP contribution in [0.2, 0.25) is 5.02 Å². The maximum atomic E-state index is 12.2. The van der Waals surface area contributed by atoms with Crippen LogP contribution in [0, 0.1) is 0 Å². The van der Waals surface area contributed by atoms with Crippen LogP contribution in [-0.4, -0.2) is 24.5 Å². The second kappa shape index (κ2) is 8.32. The molecule has 3 N–H and O–H groups in total. The monoisotopic (exact) mass is 385 g/mol. The third-order valence-corrected chi connectivity index (χ3v) is 4.97. The van der Waals surface area contributed by atoms with Gasteiger partial charge in [-0.3, -0.25) is 4.79 Å². The van der Waals surface area contributed by atoms with Gasteiger partial charge in [0.15, 0.2) is 0 Å². The van der Waals surface area contributed by atoms with Crippen molar-refractivity contribution in [3.05, 3.63) is 63.7 Å². The van der Waals surface area contributed by atoms with Gasteiger partial charge < -0.3 is 16.0 Å². The van der Waals surface area contributed by atoms with Crippen molar-refractivity contribution in [2.45, 2.75) is 45.7 Å². The molecule has 0 unspecified atom stereocenters. The van der Waals surface area contributed by atoms with Gasteiger partial charge in [0.1, 0.15) is 0 Å². The smallest absolute Gasteiger partial charge is 0.251 e. The number of hydrogen-bond donors (Lipinski definition) is 3. The Balaban J connectivity index is 1.70. The molecule has 1 amide bonds. The summed E-state index contributed by atoms with van der Waals surface area (Å²) in [6.45, 7) is 8.58. The topological polar surface area (TPSA) is 53.2 Å². The van der Waals surface area contributed by atoms with Gasteiger partial charge >= 0.3 is 0 Å². The van der Waals surface area contributed by atoms with Crippen LogP contribution in [0.5, 0.6) is 0 Å². The number of carbonyl (C=O) groups excluding carboxylic acids is 1.